The van der Waals surface area contributed by atoms with E-state index in [-0.39, 0.29) is 0 Å². The molecule has 0 spiro atoms. The number of benzene rings is 1. The molecule has 1 aromatic carbocycles. The van der Waals surface area contributed by atoms with Crippen LogP contribution in [0.2, 0.25) is 0 Å². The van der Waals surface area contributed by atoms with E-state index in [0.29, 0.717) is 5.11 Å². The Hall–Kier alpha value is -1.46. The number of hydrogen-bond acceptors (Lipinski definition) is 2. The summed E-state index contributed by atoms with van der Waals surface area (Å²) in [6.07, 6.45) is 2.02. The van der Waals surface area contributed by atoms with Gasteiger partial charge in [-0.2, -0.15) is 4.99 Å². The first-order valence-electron chi connectivity index (χ1n) is 5.24. The number of thiocarbonyl (C=S) groups is 1. The van der Waals surface area contributed by atoms with Gasteiger partial charge in [0.2, 0.25) is 0 Å². The topological polar surface area (TPSA) is 29.3 Å². The molecule has 0 fully saturated rings. The molecule has 0 aliphatic carbocycles. The molecule has 17 heavy (non-hydrogen) atoms. The van der Waals surface area contributed by atoms with E-state index < -0.39 is 0 Å². The molecular formula is C12H13N3S2. The lowest BCUT2D eigenvalue weighted by atomic mass is 10.2. The fraction of sp³-hybridized carbons (Fsp3) is 0.167. The van der Waals surface area contributed by atoms with Crippen LogP contribution in [0.5, 0.6) is 0 Å². The third-order valence-corrected chi connectivity index (χ3v) is 3.36. The van der Waals surface area contributed by atoms with E-state index in [1.54, 1.807) is 18.4 Å². The number of nitrogens with zero attached hydrogens (tertiary/aromatic N) is 2. The molecule has 0 aliphatic heterocycles. The molecule has 0 saturated heterocycles. The van der Waals surface area contributed by atoms with Crippen LogP contribution >= 0.6 is 23.6 Å². The second-order valence-electron chi connectivity index (χ2n) is 3.47. The third-order valence-electron chi connectivity index (χ3n) is 2.27. The highest BCUT2D eigenvalue weighted by Gasteiger charge is 1.98. The molecule has 0 saturated carbocycles. The molecule has 0 aliphatic rings. The van der Waals surface area contributed by atoms with Crippen LogP contribution in [0.1, 0.15) is 5.56 Å². The van der Waals surface area contributed by atoms with Gasteiger partial charge in [0.1, 0.15) is 0 Å². The third kappa shape index (κ3) is 3.25. The van der Waals surface area contributed by atoms with Crippen molar-refractivity contribution in [3.05, 3.63) is 52.3 Å². The van der Waals surface area contributed by atoms with Gasteiger partial charge in [0, 0.05) is 25.2 Å². The van der Waals surface area contributed by atoms with Crippen molar-refractivity contribution in [3.8, 4) is 0 Å². The monoisotopic (exact) mass is 263 g/mol. The second kappa shape index (κ2) is 5.75. The molecule has 0 amide bonds. The van der Waals surface area contributed by atoms with Crippen LogP contribution in [0.3, 0.4) is 0 Å². The second-order valence-corrected chi connectivity index (χ2v) is 4.73. The summed E-state index contributed by atoms with van der Waals surface area (Å²) in [4.78, 5) is 5.25. The quantitative estimate of drug-likeness (QED) is 0.840. The Morgan fingerprint density at radius 1 is 1.41 bits per heavy atom. The van der Waals surface area contributed by atoms with Gasteiger partial charge in [0.25, 0.3) is 0 Å². The summed E-state index contributed by atoms with van der Waals surface area (Å²) in [6.45, 7) is 0.815. The Kier molecular flexibility index (Phi) is 4.06. The van der Waals surface area contributed by atoms with Gasteiger partial charge >= 0.3 is 0 Å². The zero-order chi connectivity index (χ0) is 12.1. The van der Waals surface area contributed by atoms with Gasteiger partial charge in [0.05, 0.1) is 0 Å². The first-order chi connectivity index (χ1) is 8.29. The number of thiazole rings is 1. The van der Waals surface area contributed by atoms with E-state index >= 15 is 0 Å². The lowest BCUT2D eigenvalue weighted by Gasteiger charge is -2.02. The highest BCUT2D eigenvalue weighted by atomic mass is 32.1. The minimum Gasteiger partial charge on any atom is -0.364 e. The first kappa shape index (κ1) is 12.0. The maximum atomic E-state index is 5.04. The van der Waals surface area contributed by atoms with E-state index in [9.17, 15) is 0 Å². The summed E-state index contributed by atoms with van der Waals surface area (Å²) in [5.41, 5.74) is 1.25. The highest BCUT2D eigenvalue weighted by Crippen LogP contribution is 2.01. The lowest BCUT2D eigenvalue weighted by molar-refractivity contribution is 0.771. The molecule has 88 valence electrons. The van der Waals surface area contributed by atoms with Crippen molar-refractivity contribution in [3.63, 3.8) is 0 Å². The van der Waals surface area contributed by atoms with Crippen molar-refractivity contribution in [2.75, 3.05) is 7.05 Å². The van der Waals surface area contributed by atoms with Gasteiger partial charge in [-0.1, -0.05) is 30.3 Å². The number of hydrogen-bond donors (Lipinski definition) is 1. The van der Waals surface area contributed by atoms with Crippen LogP contribution in [-0.4, -0.2) is 16.7 Å². The largest absolute Gasteiger partial charge is 0.364 e. The molecule has 1 aromatic heterocycles. The van der Waals surface area contributed by atoms with E-state index in [2.05, 4.69) is 27.0 Å². The molecule has 2 aromatic rings. The highest BCUT2D eigenvalue weighted by molar-refractivity contribution is 7.80. The van der Waals surface area contributed by atoms with Crippen molar-refractivity contribution in [1.82, 2.24) is 9.88 Å². The summed E-state index contributed by atoms with van der Waals surface area (Å²) in [5, 5.41) is 5.37. The summed E-state index contributed by atoms with van der Waals surface area (Å²) in [6, 6.07) is 10.3. The normalized spacial score (nSPS) is 11.5. The summed E-state index contributed by atoms with van der Waals surface area (Å²) in [5.74, 6) is 0. The Morgan fingerprint density at radius 2 is 2.18 bits per heavy atom. The van der Waals surface area contributed by atoms with Crippen LogP contribution in [-0.2, 0) is 6.54 Å². The smallest absolute Gasteiger partial charge is 0.195 e. The maximum absolute atomic E-state index is 5.04. The molecule has 0 unspecified atom stereocenters. The van der Waals surface area contributed by atoms with Crippen LogP contribution in [0, 0.1) is 0 Å². The zero-order valence-electron chi connectivity index (χ0n) is 9.46. The summed E-state index contributed by atoms with van der Waals surface area (Å²) < 4.78 is 2.09. The van der Waals surface area contributed by atoms with Crippen molar-refractivity contribution in [2.45, 2.75) is 6.54 Å². The van der Waals surface area contributed by atoms with Crippen LogP contribution < -0.4 is 10.1 Å². The fourth-order valence-corrected chi connectivity index (χ4v) is 2.31. The van der Waals surface area contributed by atoms with Gasteiger partial charge in [-0.05, 0) is 17.8 Å². The van der Waals surface area contributed by atoms with E-state index in [4.69, 9.17) is 12.2 Å². The number of nitrogens with one attached hydrogen (secondary N) is 1. The van der Waals surface area contributed by atoms with Crippen LogP contribution in [0.15, 0.2) is 46.9 Å². The van der Waals surface area contributed by atoms with Gasteiger partial charge < -0.3 is 9.88 Å². The Morgan fingerprint density at radius 3 is 2.88 bits per heavy atom. The zero-order valence-corrected chi connectivity index (χ0v) is 11.1. The molecular weight excluding hydrogens is 250 g/mol. The minimum absolute atomic E-state index is 0.509. The van der Waals surface area contributed by atoms with E-state index in [0.717, 1.165) is 11.3 Å². The molecule has 3 nitrogen and oxygen atoms in total. The average molecular weight is 263 g/mol. The van der Waals surface area contributed by atoms with Crippen molar-refractivity contribution < 1.29 is 0 Å². The summed E-state index contributed by atoms with van der Waals surface area (Å²) >= 11 is 6.62. The van der Waals surface area contributed by atoms with Gasteiger partial charge in [0.15, 0.2) is 9.91 Å². The Balaban J connectivity index is 2.26. The summed E-state index contributed by atoms with van der Waals surface area (Å²) in [7, 11) is 1.78. The number of rotatable bonds is 2. The predicted octanol–water partition coefficient (Wildman–Crippen LogP) is 2.00. The van der Waals surface area contributed by atoms with Gasteiger partial charge in [-0.3, -0.25) is 0 Å². The SMILES string of the molecule is CNC(=S)/N=c1\sccn1Cc1ccccc1. The fourth-order valence-electron chi connectivity index (χ4n) is 1.43. The standard InChI is InChI=1S/C12H13N3S2/c1-13-11(16)14-12-15(7-8-17-12)9-10-5-3-2-4-6-10/h2-8H,9H2,1H3,(H,13,16)/b14-12-. The predicted molar refractivity (Wildman–Crippen MR) is 75.1 cm³/mol. The van der Waals surface area contributed by atoms with Crippen LogP contribution in [0.25, 0.3) is 0 Å². The number of aromatic nitrogens is 1. The average Bonchev–Trinajstić information content (AvgIpc) is 2.78. The van der Waals surface area contributed by atoms with E-state index in [1.807, 2.05) is 29.8 Å². The molecule has 0 radical (unpaired) electrons. The molecule has 1 heterocycles. The Labute approximate surface area is 109 Å². The van der Waals surface area contributed by atoms with Crippen molar-refractivity contribution >= 4 is 28.7 Å². The molecule has 2 rings (SSSR count). The van der Waals surface area contributed by atoms with Gasteiger partial charge in [-0.15, -0.1) is 11.3 Å². The lowest BCUT2D eigenvalue weighted by Crippen LogP contribution is -2.21. The molecule has 0 atom stereocenters. The maximum Gasteiger partial charge on any atom is 0.195 e. The molecule has 5 heteroatoms. The Bertz CT molecular complexity index is 554. The van der Waals surface area contributed by atoms with Crippen molar-refractivity contribution in [1.29, 1.82) is 0 Å². The van der Waals surface area contributed by atoms with Crippen LogP contribution in [0.4, 0.5) is 0 Å². The van der Waals surface area contributed by atoms with Gasteiger partial charge in [-0.25, -0.2) is 0 Å². The van der Waals surface area contributed by atoms with Crippen molar-refractivity contribution in [2.24, 2.45) is 4.99 Å². The molecule has 0 bridgehead atoms. The van der Waals surface area contributed by atoms with E-state index in [1.165, 1.54) is 5.56 Å². The molecule has 1 N–H and O–H groups in total. The first-order valence-corrected chi connectivity index (χ1v) is 6.52. The minimum atomic E-state index is 0.509.